The van der Waals surface area contributed by atoms with Gasteiger partial charge in [0, 0.05) is 4.47 Å². The van der Waals surface area contributed by atoms with Crippen LogP contribution in [0.2, 0.25) is 0 Å². The Kier molecular flexibility index (Phi) is 10.3. The first kappa shape index (κ1) is 26.3. The van der Waals surface area contributed by atoms with E-state index in [1.807, 2.05) is 6.92 Å². The van der Waals surface area contributed by atoms with Gasteiger partial charge in [-0.25, -0.2) is 10.2 Å². The zero-order valence-corrected chi connectivity index (χ0v) is 21.4. The minimum absolute atomic E-state index is 0.276. The lowest BCUT2D eigenvalue weighted by molar-refractivity contribution is -0.143. The van der Waals surface area contributed by atoms with Crippen molar-refractivity contribution in [2.75, 3.05) is 20.3 Å². The number of benzene rings is 2. The van der Waals surface area contributed by atoms with Crippen LogP contribution < -0.4 is 20.2 Å². The van der Waals surface area contributed by atoms with Crippen LogP contribution in [0.1, 0.15) is 29.8 Å². The highest BCUT2D eigenvalue weighted by Crippen LogP contribution is 2.36. The van der Waals surface area contributed by atoms with E-state index in [4.69, 9.17) is 9.47 Å². The molecule has 0 aliphatic rings. The third-order valence-electron chi connectivity index (χ3n) is 4.14. The van der Waals surface area contributed by atoms with E-state index in [2.05, 4.69) is 52.4 Å². The minimum atomic E-state index is -0.818. The summed E-state index contributed by atoms with van der Waals surface area (Å²) in [7, 11) is 1.27. The summed E-state index contributed by atoms with van der Waals surface area (Å²) in [4.78, 5) is 36.0. The van der Waals surface area contributed by atoms with Gasteiger partial charge in [-0.3, -0.25) is 9.59 Å². The maximum absolute atomic E-state index is 12.3. The van der Waals surface area contributed by atoms with Gasteiger partial charge in [-0.2, -0.15) is 5.10 Å². The van der Waals surface area contributed by atoms with Gasteiger partial charge in [0.15, 0.2) is 18.1 Å². The number of hydrogen-bond acceptors (Lipinski definition) is 7. The van der Waals surface area contributed by atoms with Crippen LogP contribution in [-0.2, 0) is 14.3 Å². The lowest BCUT2D eigenvalue weighted by Gasteiger charge is -2.14. The Morgan fingerprint density at radius 1 is 1.12 bits per heavy atom. The van der Waals surface area contributed by atoms with Crippen LogP contribution in [0.5, 0.6) is 11.5 Å². The highest BCUT2D eigenvalue weighted by atomic mass is 79.9. The number of rotatable bonds is 10. The number of hydrogen-bond donors (Lipinski definition) is 2. The maximum Gasteiger partial charge on any atom is 0.343 e. The number of amides is 2. The Morgan fingerprint density at radius 2 is 1.85 bits per heavy atom. The number of carbonyl (C=O) groups excluding carboxylic acids is 3. The third-order valence-corrected chi connectivity index (χ3v) is 5.42. The molecule has 0 fully saturated rings. The first-order valence-electron chi connectivity index (χ1n) is 9.81. The standard InChI is InChI=1S/C22H23Br2N3O6/c1-4-32-18-10-14(9-17(24)20(18)33-12-19(28)31-3)11-25-27-21(29)13(2)26-22(30)15-7-5-6-8-16(15)23/h5-11,13H,4,12H2,1-3H3,(H,26,30)(H,27,29). The molecule has 9 nitrogen and oxygen atoms in total. The molecule has 0 saturated heterocycles. The number of nitrogens with one attached hydrogen (secondary N) is 2. The number of esters is 1. The summed E-state index contributed by atoms with van der Waals surface area (Å²) in [6.45, 7) is 3.45. The van der Waals surface area contributed by atoms with Gasteiger partial charge < -0.3 is 19.5 Å². The van der Waals surface area contributed by atoms with Gasteiger partial charge in [-0.1, -0.05) is 12.1 Å². The van der Waals surface area contributed by atoms with E-state index in [0.29, 0.717) is 38.2 Å². The highest BCUT2D eigenvalue weighted by molar-refractivity contribution is 9.10. The Balaban J connectivity index is 2.03. The summed E-state index contributed by atoms with van der Waals surface area (Å²) in [6, 6.07) is 9.42. The van der Waals surface area contributed by atoms with E-state index in [-0.39, 0.29) is 12.5 Å². The van der Waals surface area contributed by atoms with Crippen molar-refractivity contribution in [3.63, 3.8) is 0 Å². The zero-order valence-electron chi connectivity index (χ0n) is 18.2. The Morgan fingerprint density at radius 3 is 2.52 bits per heavy atom. The van der Waals surface area contributed by atoms with Crippen molar-refractivity contribution in [2.24, 2.45) is 5.10 Å². The van der Waals surface area contributed by atoms with Crippen LogP contribution in [0.4, 0.5) is 0 Å². The van der Waals surface area contributed by atoms with Gasteiger partial charge in [0.25, 0.3) is 11.8 Å². The van der Waals surface area contributed by atoms with E-state index < -0.39 is 17.9 Å². The number of halogens is 2. The molecular formula is C22H23Br2N3O6. The molecule has 0 spiro atoms. The number of carbonyl (C=O) groups is 3. The first-order chi connectivity index (χ1) is 15.8. The van der Waals surface area contributed by atoms with Crippen molar-refractivity contribution >= 4 is 55.9 Å². The fourth-order valence-electron chi connectivity index (χ4n) is 2.51. The number of methoxy groups -OCH3 is 1. The second-order valence-electron chi connectivity index (χ2n) is 6.54. The third kappa shape index (κ3) is 7.86. The van der Waals surface area contributed by atoms with Gasteiger partial charge in [0.05, 0.1) is 30.0 Å². The summed E-state index contributed by atoms with van der Waals surface area (Å²) < 4.78 is 16.8. The molecule has 2 rings (SSSR count). The van der Waals surface area contributed by atoms with Crippen LogP contribution in [0.15, 0.2) is 50.4 Å². The van der Waals surface area contributed by atoms with Crippen molar-refractivity contribution in [1.82, 2.24) is 10.7 Å². The fraction of sp³-hybridized carbons (Fsp3) is 0.273. The molecule has 176 valence electrons. The van der Waals surface area contributed by atoms with Crippen LogP contribution in [0.25, 0.3) is 0 Å². The summed E-state index contributed by atoms with van der Waals surface area (Å²) >= 11 is 6.69. The van der Waals surface area contributed by atoms with E-state index in [1.54, 1.807) is 43.3 Å². The molecule has 0 aliphatic carbocycles. The molecule has 33 heavy (non-hydrogen) atoms. The fourth-order valence-corrected chi connectivity index (χ4v) is 3.55. The summed E-state index contributed by atoms with van der Waals surface area (Å²) in [5.74, 6) is -0.682. The normalized spacial score (nSPS) is 11.5. The summed E-state index contributed by atoms with van der Waals surface area (Å²) in [5.41, 5.74) is 3.41. The smallest absolute Gasteiger partial charge is 0.343 e. The summed E-state index contributed by atoms with van der Waals surface area (Å²) in [6.07, 6.45) is 1.41. The molecular weight excluding hydrogens is 562 g/mol. The molecule has 2 N–H and O–H groups in total. The van der Waals surface area contributed by atoms with Crippen molar-refractivity contribution in [3.8, 4) is 11.5 Å². The van der Waals surface area contributed by atoms with E-state index in [0.717, 1.165) is 0 Å². The molecule has 0 bridgehead atoms. The molecule has 1 atom stereocenters. The molecule has 2 aromatic rings. The molecule has 2 amide bonds. The topological polar surface area (TPSA) is 115 Å². The lowest BCUT2D eigenvalue weighted by atomic mass is 10.2. The van der Waals surface area contributed by atoms with Gasteiger partial charge >= 0.3 is 5.97 Å². The Bertz CT molecular complexity index is 1040. The van der Waals surface area contributed by atoms with Gasteiger partial charge in [-0.15, -0.1) is 0 Å². The minimum Gasteiger partial charge on any atom is -0.490 e. The second kappa shape index (κ2) is 12.9. The number of hydrazone groups is 1. The quantitative estimate of drug-likeness (QED) is 0.251. The van der Waals surface area contributed by atoms with Crippen LogP contribution in [0, 0.1) is 0 Å². The SMILES string of the molecule is CCOc1cc(C=NNC(=O)C(C)NC(=O)c2ccccc2Br)cc(Br)c1OCC(=O)OC. The van der Waals surface area contributed by atoms with Crippen LogP contribution in [-0.4, -0.2) is 50.4 Å². The van der Waals surface area contributed by atoms with Gasteiger partial charge in [0.1, 0.15) is 6.04 Å². The summed E-state index contributed by atoms with van der Waals surface area (Å²) in [5, 5.41) is 6.56. The largest absolute Gasteiger partial charge is 0.490 e. The molecule has 11 heteroatoms. The first-order valence-corrected chi connectivity index (χ1v) is 11.4. The molecule has 0 aromatic heterocycles. The van der Waals surface area contributed by atoms with Crippen molar-refractivity contribution in [3.05, 3.63) is 56.5 Å². The molecule has 2 aromatic carbocycles. The zero-order chi connectivity index (χ0) is 24.4. The van der Waals surface area contributed by atoms with Crippen molar-refractivity contribution in [1.29, 1.82) is 0 Å². The molecule has 0 radical (unpaired) electrons. The number of ether oxygens (including phenoxy) is 3. The van der Waals surface area contributed by atoms with Crippen LogP contribution >= 0.6 is 31.9 Å². The average molecular weight is 585 g/mol. The van der Waals surface area contributed by atoms with E-state index in [9.17, 15) is 14.4 Å². The highest BCUT2D eigenvalue weighted by Gasteiger charge is 2.18. The second-order valence-corrected chi connectivity index (χ2v) is 8.25. The monoisotopic (exact) mass is 583 g/mol. The molecule has 0 aliphatic heterocycles. The lowest BCUT2D eigenvalue weighted by Crippen LogP contribution is -2.43. The number of nitrogens with zero attached hydrogens (tertiary/aromatic N) is 1. The maximum atomic E-state index is 12.3. The van der Waals surface area contributed by atoms with Crippen molar-refractivity contribution in [2.45, 2.75) is 19.9 Å². The van der Waals surface area contributed by atoms with Gasteiger partial charge in [0.2, 0.25) is 0 Å². The predicted molar refractivity (Wildman–Crippen MR) is 130 cm³/mol. The Hall–Kier alpha value is -2.92. The molecule has 1 unspecified atom stereocenters. The predicted octanol–water partition coefficient (Wildman–Crippen LogP) is 3.43. The van der Waals surface area contributed by atoms with E-state index >= 15 is 0 Å². The van der Waals surface area contributed by atoms with Crippen LogP contribution in [0.3, 0.4) is 0 Å². The van der Waals surface area contributed by atoms with E-state index in [1.165, 1.54) is 13.3 Å². The molecule has 0 heterocycles. The molecule has 0 saturated carbocycles. The average Bonchev–Trinajstić information content (AvgIpc) is 2.78. The Labute approximate surface area is 208 Å². The van der Waals surface area contributed by atoms with Gasteiger partial charge in [-0.05, 0) is 75.5 Å². The van der Waals surface area contributed by atoms with Crippen molar-refractivity contribution < 1.29 is 28.6 Å².